The maximum absolute atomic E-state index is 10.2. The summed E-state index contributed by atoms with van der Waals surface area (Å²) >= 11 is 0. The third-order valence-corrected chi connectivity index (χ3v) is 4.13. The highest BCUT2D eigenvalue weighted by atomic mass is 16.3. The van der Waals surface area contributed by atoms with Gasteiger partial charge in [0.2, 0.25) is 0 Å². The number of aromatic nitrogens is 3. The van der Waals surface area contributed by atoms with Crippen LogP contribution in [0.25, 0.3) is 5.69 Å². The summed E-state index contributed by atoms with van der Waals surface area (Å²) in [4.78, 5) is 3.98. The largest absolute Gasteiger partial charge is 0.387 e. The van der Waals surface area contributed by atoms with E-state index in [0.29, 0.717) is 19.0 Å². The molecule has 0 saturated heterocycles. The Hall–Kier alpha value is -2.50. The second-order valence-electron chi connectivity index (χ2n) is 6.40. The number of hydrogen-bond donors (Lipinski definition) is 2. The number of nitrogens with one attached hydrogen (secondary N) is 1. The Kier molecular flexibility index (Phi) is 5.58. The van der Waals surface area contributed by atoms with Gasteiger partial charge in [0, 0.05) is 37.2 Å². The van der Waals surface area contributed by atoms with Crippen LogP contribution in [0.2, 0.25) is 0 Å². The molecule has 0 bridgehead atoms. The van der Waals surface area contributed by atoms with Gasteiger partial charge >= 0.3 is 0 Å². The minimum atomic E-state index is -0.547. The Morgan fingerprint density at radius 2 is 1.80 bits per heavy atom. The average molecular weight is 336 g/mol. The van der Waals surface area contributed by atoms with Gasteiger partial charge in [-0.05, 0) is 35.7 Å². The summed E-state index contributed by atoms with van der Waals surface area (Å²) in [6.45, 7) is 5.44. The lowest BCUT2D eigenvalue weighted by molar-refractivity contribution is 0.174. The van der Waals surface area contributed by atoms with Crippen molar-refractivity contribution in [2.75, 3.05) is 6.54 Å². The maximum atomic E-state index is 10.2. The van der Waals surface area contributed by atoms with Gasteiger partial charge in [0.15, 0.2) is 0 Å². The predicted molar refractivity (Wildman–Crippen MR) is 98.6 cm³/mol. The first kappa shape index (κ1) is 17.3. The summed E-state index contributed by atoms with van der Waals surface area (Å²) in [6.07, 6.45) is 4.91. The van der Waals surface area contributed by atoms with E-state index >= 15 is 0 Å². The zero-order chi connectivity index (χ0) is 17.6. The molecule has 1 atom stereocenters. The zero-order valence-electron chi connectivity index (χ0n) is 14.6. The zero-order valence-corrected chi connectivity index (χ0v) is 14.6. The third-order valence-electron chi connectivity index (χ3n) is 4.13. The molecular weight excluding hydrogens is 312 g/mol. The van der Waals surface area contributed by atoms with Crippen LogP contribution >= 0.6 is 0 Å². The normalized spacial score (nSPS) is 12.5. The molecule has 0 saturated carbocycles. The molecule has 2 heterocycles. The van der Waals surface area contributed by atoms with Gasteiger partial charge < -0.3 is 10.4 Å². The van der Waals surface area contributed by atoms with E-state index < -0.39 is 6.10 Å². The summed E-state index contributed by atoms with van der Waals surface area (Å²) in [7, 11) is 0. The van der Waals surface area contributed by atoms with E-state index in [0.717, 1.165) is 22.5 Å². The molecule has 25 heavy (non-hydrogen) atoms. The van der Waals surface area contributed by atoms with Gasteiger partial charge in [-0.1, -0.05) is 32.0 Å². The average Bonchev–Trinajstić information content (AvgIpc) is 3.08. The van der Waals surface area contributed by atoms with Crippen molar-refractivity contribution in [1.29, 1.82) is 0 Å². The number of para-hydroxylation sites is 1. The first-order chi connectivity index (χ1) is 12.1. The van der Waals surface area contributed by atoms with E-state index in [1.165, 1.54) is 0 Å². The van der Waals surface area contributed by atoms with Crippen molar-refractivity contribution in [2.45, 2.75) is 32.4 Å². The molecule has 2 N–H and O–H groups in total. The molecule has 5 nitrogen and oxygen atoms in total. The van der Waals surface area contributed by atoms with E-state index in [1.54, 1.807) is 12.4 Å². The van der Waals surface area contributed by atoms with Crippen molar-refractivity contribution in [3.8, 4) is 5.69 Å². The Labute approximate surface area is 148 Å². The molecule has 1 unspecified atom stereocenters. The molecule has 0 aliphatic carbocycles. The minimum Gasteiger partial charge on any atom is -0.387 e. The SMILES string of the molecule is CC(C)c1nn(-c2ccccc2)cc1CNCC(O)c1ccncc1. The smallest absolute Gasteiger partial charge is 0.0915 e. The van der Waals surface area contributed by atoms with Crippen molar-refractivity contribution in [3.63, 3.8) is 0 Å². The van der Waals surface area contributed by atoms with Gasteiger partial charge in [0.1, 0.15) is 0 Å². The number of pyridine rings is 1. The highest BCUT2D eigenvalue weighted by molar-refractivity contribution is 5.33. The highest BCUT2D eigenvalue weighted by Gasteiger charge is 2.14. The quantitative estimate of drug-likeness (QED) is 0.695. The van der Waals surface area contributed by atoms with Gasteiger partial charge in [-0.25, -0.2) is 4.68 Å². The van der Waals surface area contributed by atoms with Crippen molar-refractivity contribution >= 4 is 0 Å². The predicted octanol–water partition coefficient (Wildman–Crippen LogP) is 3.21. The van der Waals surface area contributed by atoms with Gasteiger partial charge in [-0.2, -0.15) is 5.10 Å². The van der Waals surface area contributed by atoms with Crippen molar-refractivity contribution in [2.24, 2.45) is 0 Å². The maximum Gasteiger partial charge on any atom is 0.0915 e. The highest BCUT2D eigenvalue weighted by Crippen LogP contribution is 2.20. The molecule has 0 aliphatic rings. The number of nitrogens with zero attached hydrogens (tertiary/aromatic N) is 3. The van der Waals surface area contributed by atoms with E-state index in [1.807, 2.05) is 47.1 Å². The molecular formula is C20H24N4O. The lowest BCUT2D eigenvalue weighted by Crippen LogP contribution is -2.21. The number of aliphatic hydroxyl groups excluding tert-OH is 1. The second-order valence-corrected chi connectivity index (χ2v) is 6.40. The molecule has 3 rings (SSSR count). The van der Waals surface area contributed by atoms with Gasteiger partial charge in [0.25, 0.3) is 0 Å². The number of benzene rings is 1. The number of aliphatic hydroxyl groups is 1. The van der Waals surface area contributed by atoms with E-state index in [2.05, 4.69) is 30.3 Å². The molecule has 0 aliphatic heterocycles. The van der Waals surface area contributed by atoms with Crippen LogP contribution in [0, 0.1) is 0 Å². The molecule has 3 aromatic rings. The summed E-state index contributed by atoms with van der Waals surface area (Å²) in [6, 6.07) is 13.8. The fraction of sp³-hybridized carbons (Fsp3) is 0.300. The van der Waals surface area contributed by atoms with Crippen LogP contribution in [0.3, 0.4) is 0 Å². The second kappa shape index (κ2) is 8.05. The summed E-state index contributed by atoms with van der Waals surface area (Å²) in [5.74, 6) is 0.340. The van der Waals surface area contributed by atoms with Crippen molar-refractivity contribution in [1.82, 2.24) is 20.1 Å². The van der Waals surface area contributed by atoms with E-state index in [4.69, 9.17) is 5.10 Å². The molecule has 5 heteroatoms. The Balaban J connectivity index is 1.68. The number of rotatable bonds is 7. The molecule has 130 valence electrons. The topological polar surface area (TPSA) is 63.0 Å². The standard InChI is InChI=1S/C20H24N4O/c1-15(2)20-17(14-24(23-20)18-6-4-3-5-7-18)12-22-13-19(25)16-8-10-21-11-9-16/h3-11,14-15,19,22,25H,12-13H2,1-2H3. The van der Waals surface area contributed by atoms with Gasteiger partial charge in [-0.3, -0.25) is 4.98 Å². The molecule has 0 fully saturated rings. The van der Waals surface area contributed by atoms with Crippen LogP contribution in [-0.2, 0) is 6.54 Å². The molecule has 0 amide bonds. The Morgan fingerprint density at radius 1 is 1.08 bits per heavy atom. The molecule has 0 radical (unpaired) electrons. The van der Waals surface area contributed by atoms with E-state index in [9.17, 15) is 5.11 Å². The Morgan fingerprint density at radius 3 is 2.48 bits per heavy atom. The van der Waals surface area contributed by atoms with Crippen molar-refractivity contribution < 1.29 is 5.11 Å². The first-order valence-electron chi connectivity index (χ1n) is 8.57. The fourth-order valence-electron chi connectivity index (χ4n) is 2.81. The molecule has 2 aromatic heterocycles. The Bertz CT molecular complexity index is 784. The van der Waals surface area contributed by atoms with Crippen LogP contribution in [0.5, 0.6) is 0 Å². The van der Waals surface area contributed by atoms with Crippen LogP contribution in [0.15, 0.2) is 61.1 Å². The summed E-state index contributed by atoms with van der Waals surface area (Å²) < 4.78 is 1.92. The third kappa shape index (κ3) is 4.32. The lowest BCUT2D eigenvalue weighted by atomic mass is 10.1. The van der Waals surface area contributed by atoms with Crippen LogP contribution in [0.4, 0.5) is 0 Å². The molecule has 1 aromatic carbocycles. The van der Waals surface area contributed by atoms with Crippen LogP contribution in [0.1, 0.15) is 42.7 Å². The fourth-order valence-corrected chi connectivity index (χ4v) is 2.81. The van der Waals surface area contributed by atoms with Crippen LogP contribution < -0.4 is 5.32 Å². The number of hydrogen-bond acceptors (Lipinski definition) is 4. The van der Waals surface area contributed by atoms with Gasteiger partial charge in [-0.15, -0.1) is 0 Å². The van der Waals surface area contributed by atoms with Gasteiger partial charge in [0.05, 0.1) is 17.5 Å². The van der Waals surface area contributed by atoms with Crippen molar-refractivity contribution in [3.05, 3.63) is 77.9 Å². The first-order valence-corrected chi connectivity index (χ1v) is 8.57. The monoisotopic (exact) mass is 336 g/mol. The minimum absolute atomic E-state index is 0.340. The summed E-state index contributed by atoms with van der Waals surface area (Å²) in [5.41, 5.74) is 4.15. The van der Waals surface area contributed by atoms with E-state index in [-0.39, 0.29) is 0 Å². The lowest BCUT2D eigenvalue weighted by Gasteiger charge is -2.12. The summed E-state index contributed by atoms with van der Waals surface area (Å²) in [5, 5.41) is 18.3. The molecule has 0 spiro atoms. The van der Waals surface area contributed by atoms with Crippen LogP contribution in [-0.4, -0.2) is 26.4 Å².